The van der Waals surface area contributed by atoms with Crippen LogP contribution in [0.5, 0.6) is 0 Å². The van der Waals surface area contributed by atoms with Crippen molar-refractivity contribution in [2.75, 3.05) is 9.80 Å². The Morgan fingerprint density at radius 3 is 1.08 bits per heavy atom. The topological polar surface area (TPSA) is 21.3 Å². The number of aromatic nitrogens is 3. The molecule has 548 valence electrons. The summed E-state index contributed by atoms with van der Waals surface area (Å²) in [5.74, 6) is 0. The van der Waals surface area contributed by atoms with Gasteiger partial charge >= 0.3 is 0 Å². The molecule has 5 heterocycles. The number of para-hydroxylation sites is 4. The van der Waals surface area contributed by atoms with E-state index in [9.17, 15) is 30.2 Å². The van der Waals surface area contributed by atoms with Crippen molar-refractivity contribution in [1.82, 2.24) is 13.7 Å². The maximum atomic E-state index is 12.2. The molecule has 5 nitrogen and oxygen atoms in total. The molecular weight excluding hydrogens is 1370 g/mol. The van der Waals surface area contributed by atoms with Crippen molar-refractivity contribution in [1.29, 1.82) is 0 Å². The van der Waals surface area contributed by atoms with Gasteiger partial charge in [0.15, 0.2) is 0 Å². The Morgan fingerprint density at radius 1 is 0.283 bits per heavy atom. The quantitative estimate of drug-likeness (QED) is 0.134. The molecule has 0 atom stereocenters. The predicted molar refractivity (Wildman–Crippen MR) is 485 cm³/mol. The fourth-order valence-electron chi connectivity index (χ4n) is 16.9. The average molecular weight is 1480 g/mol. The summed E-state index contributed by atoms with van der Waals surface area (Å²) in [6.07, 6.45) is 0. The second-order valence-electron chi connectivity index (χ2n) is 34.0. The predicted octanol–water partition coefficient (Wildman–Crippen LogP) is 27.2. The first kappa shape index (κ1) is 49.6. The molecule has 2 aliphatic rings. The van der Waals surface area contributed by atoms with Crippen LogP contribution in [0.2, 0.25) is 0 Å². The summed E-state index contributed by atoms with van der Waals surface area (Å²) in [7, 11) is 0. The lowest BCUT2D eigenvalue weighted by Crippen LogP contribution is -2.62. The number of benzene rings is 15. The van der Waals surface area contributed by atoms with Gasteiger partial charge in [0.2, 0.25) is 0 Å². The number of nitrogens with zero attached hydrogens (tertiary/aromatic N) is 5. The summed E-state index contributed by atoms with van der Waals surface area (Å²) in [4.78, 5) is 3.73. The maximum absolute atomic E-state index is 12.2. The largest absolute Gasteiger partial charge is 0.310 e. The highest BCUT2D eigenvalue weighted by molar-refractivity contribution is 7.00. The minimum Gasteiger partial charge on any atom is -0.310 e. The van der Waals surface area contributed by atoms with Crippen LogP contribution in [-0.4, -0.2) is 20.4 Å². The molecule has 0 spiro atoms. The van der Waals surface area contributed by atoms with Crippen LogP contribution in [0.3, 0.4) is 0 Å². The molecular formula is C107H92BN5. The zero-order chi connectivity index (χ0) is 96.3. The van der Waals surface area contributed by atoms with Gasteiger partial charge in [0.05, 0.1) is 76.2 Å². The standard InChI is InChI=1S/C107H92BN5/c1-67-56-77(110-93-49-33-29-45-82(93)88-58-73(105(5,6)7)51-55-95(88)110)64-97-100(67)108-89-53-52-76(109-92-48-32-28-44-81(92)87-57-72(104(2,3)4)50-54-94(87)109)63-96(89)112(102-83(68-34-18-14-19-35-68)59-74(106(8,9)10)60-84(102)69-36-20-15-21-37-69)98-65-78(111-90-46-30-26-42-79(90)80-43-27-31-47-91(80)111)66-99(101(98)108)113(97)103-85(70-38-22-16-23-39-70)61-75(107(11,12)13)62-86(103)71-40-24-17-25-41-71/h14-66H,1-13H3/i1D3,28D,29D,32D,33D,44D,45D,48D,49D,50D,51D,52D,53D,54D,55D,56D,57D,58D,63D,64D. The summed E-state index contributed by atoms with van der Waals surface area (Å²) in [5, 5.41) is 0.647. The Morgan fingerprint density at radius 2 is 0.655 bits per heavy atom. The number of fused-ring (bicyclic) bond motifs is 13. The lowest BCUT2D eigenvalue weighted by Gasteiger charge is -2.47. The summed E-state index contributed by atoms with van der Waals surface area (Å²) in [5.41, 5.74) is 1.43. The third-order valence-electron chi connectivity index (χ3n) is 22.6. The van der Waals surface area contributed by atoms with E-state index in [1.54, 1.807) is 41.5 Å². The van der Waals surface area contributed by atoms with Gasteiger partial charge in [-0.05, 0) is 198 Å². The zero-order valence-electron chi connectivity index (χ0n) is 86.9. The van der Waals surface area contributed by atoms with Crippen molar-refractivity contribution >= 4 is 123 Å². The summed E-state index contributed by atoms with van der Waals surface area (Å²) in [6.45, 7) is 17.6. The second-order valence-corrected chi connectivity index (χ2v) is 34.0. The number of hydrogen-bond acceptors (Lipinski definition) is 2. The molecule has 15 aromatic carbocycles. The molecule has 20 rings (SSSR count). The number of anilines is 6. The summed E-state index contributed by atoms with van der Waals surface area (Å²) in [6, 6.07) is 54.0. The zero-order valence-corrected chi connectivity index (χ0v) is 64.9. The van der Waals surface area contributed by atoms with E-state index in [0.29, 0.717) is 72.6 Å². The van der Waals surface area contributed by atoms with Gasteiger partial charge in [0.25, 0.3) is 6.71 Å². The van der Waals surface area contributed by atoms with Crippen LogP contribution in [0.1, 0.15) is 141 Å². The van der Waals surface area contributed by atoms with E-state index in [1.165, 1.54) is 0 Å². The van der Waals surface area contributed by atoms with E-state index >= 15 is 0 Å². The second kappa shape index (κ2) is 25.7. The van der Waals surface area contributed by atoms with Crippen LogP contribution in [0, 0.1) is 6.85 Å². The normalized spacial score (nSPS) is 16.0. The van der Waals surface area contributed by atoms with E-state index < -0.39 is 177 Å². The van der Waals surface area contributed by atoms with Crippen molar-refractivity contribution in [3.8, 4) is 61.6 Å². The van der Waals surface area contributed by atoms with Gasteiger partial charge in [-0.25, -0.2) is 0 Å². The highest BCUT2D eigenvalue weighted by Gasteiger charge is 2.47. The molecule has 0 fully saturated rings. The molecule has 0 amide bonds. The average Bonchev–Trinajstić information content (AvgIpc) is 1.47. The van der Waals surface area contributed by atoms with Gasteiger partial charge in [-0.3, -0.25) is 0 Å². The highest BCUT2D eigenvalue weighted by atomic mass is 15.2. The van der Waals surface area contributed by atoms with Gasteiger partial charge in [0, 0.05) is 92.8 Å². The Hall–Kier alpha value is -12.6. The lowest BCUT2D eigenvalue weighted by atomic mass is 9.32. The smallest absolute Gasteiger partial charge is 0.252 e. The van der Waals surface area contributed by atoms with Crippen molar-refractivity contribution in [3.05, 3.63) is 349 Å². The van der Waals surface area contributed by atoms with E-state index in [1.807, 2.05) is 192 Å². The molecule has 3 aromatic heterocycles. The van der Waals surface area contributed by atoms with E-state index in [-0.39, 0.29) is 83.4 Å². The molecule has 0 unspecified atom stereocenters. The van der Waals surface area contributed by atoms with Crippen molar-refractivity contribution in [3.63, 3.8) is 0 Å². The van der Waals surface area contributed by atoms with Crippen LogP contribution in [0.15, 0.2) is 321 Å². The molecule has 0 bridgehead atoms. The fourth-order valence-corrected chi connectivity index (χ4v) is 16.9. The first-order valence-electron chi connectivity index (χ1n) is 49.5. The Bertz CT molecular complexity index is 8050. The van der Waals surface area contributed by atoms with Gasteiger partial charge < -0.3 is 23.5 Å². The first-order valence-corrected chi connectivity index (χ1v) is 38.5. The Labute approximate surface area is 695 Å². The van der Waals surface area contributed by atoms with Gasteiger partial charge in [-0.2, -0.15) is 0 Å². The number of hydrogen-bond donors (Lipinski definition) is 0. The Balaban J connectivity index is 1.11. The first-order chi connectivity index (χ1) is 63.7. The molecule has 0 saturated heterocycles. The van der Waals surface area contributed by atoms with Crippen LogP contribution in [0.25, 0.3) is 127 Å². The van der Waals surface area contributed by atoms with Crippen LogP contribution >= 0.6 is 0 Å². The third kappa shape index (κ3) is 11.2. The fraction of sp³-hybridized carbons (Fsp3) is 0.159. The van der Waals surface area contributed by atoms with Gasteiger partial charge in [-0.15, -0.1) is 0 Å². The molecule has 0 N–H and O–H groups in total. The van der Waals surface area contributed by atoms with Crippen molar-refractivity contribution < 1.29 is 30.2 Å². The van der Waals surface area contributed by atoms with E-state index in [0.717, 1.165) is 31.0 Å². The van der Waals surface area contributed by atoms with Crippen LogP contribution in [-0.2, 0) is 21.7 Å². The SMILES string of the molecule is [2H]c1c([2H])c(-n2c3c([2H])c([2H])c([2H])c([2H])c3c3c([2H])c(C(C)(C)C)c([2H])c([2H])c32)c([2H])c2c1B1c3c(cc(-n4c5ccccc5c5ccccc54)cc3N(c3c(-c4ccccc4)cc(C(C)(C)C)cc3-c3ccccc3)c3c([2H])c(-n4c5c([2H])c([2H])c([2H])c([2H])c5c5c([2H])c(C(C)(C)C)c([2H])c([2H])c54)c([2H])c(C([2H])([2H])[2H])c31)N2c1c(-c2ccccc2)cc(C(C)(C)C)cc1-c1ccccc1. The monoisotopic (exact) mass is 1480 g/mol. The van der Waals surface area contributed by atoms with E-state index in [4.69, 9.17) is 0 Å². The van der Waals surface area contributed by atoms with Gasteiger partial charge in [0.1, 0.15) is 0 Å². The summed E-state index contributed by atoms with van der Waals surface area (Å²) >= 11 is 0. The Kier molecular flexibility index (Phi) is 11.3. The lowest BCUT2D eigenvalue weighted by molar-refractivity contribution is 0.590. The molecule has 18 aromatic rings. The number of rotatable bonds is 9. The van der Waals surface area contributed by atoms with Crippen molar-refractivity contribution in [2.24, 2.45) is 0 Å². The summed E-state index contributed by atoms with van der Waals surface area (Å²) < 4.78 is 236. The van der Waals surface area contributed by atoms with Gasteiger partial charge in [-0.1, -0.05) is 301 Å². The highest BCUT2D eigenvalue weighted by Crippen LogP contribution is 2.56. The molecule has 0 radical (unpaired) electrons. The third-order valence-corrected chi connectivity index (χ3v) is 22.6. The van der Waals surface area contributed by atoms with E-state index in [2.05, 4.69) is 70.4 Å². The minimum absolute atomic E-state index is 0.0361. The van der Waals surface area contributed by atoms with Crippen molar-refractivity contribution in [2.45, 2.75) is 112 Å². The maximum Gasteiger partial charge on any atom is 0.252 e. The molecule has 113 heavy (non-hydrogen) atoms. The minimum atomic E-state index is -3.60. The molecule has 0 saturated carbocycles. The molecule has 0 aliphatic carbocycles. The molecule has 2 aliphatic heterocycles. The molecule has 6 heteroatoms. The van der Waals surface area contributed by atoms with Crippen LogP contribution in [0.4, 0.5) is 34.1 Å². The van der Waals surface area contributed by atoms with Crippen LogP contribution < -0.4 is 26.2 Å².